The minimum Gasteiger partial charge on any atom is -0.396 e. The highest BCUT2D eigenvalue weighted by Gasteiger charge is 2.66. The summed E-state index contributed by atoms with van der Waals surface area (Å²) >= 11 is 0. The Morgan fingerprint density at radius 1 is 0.507 bits per heavy atom. The first-order valence-corrected chi connectivity index (χ1v) is 27.4. The number of aliphatic hydroxyl groups excluding tert-OH is 11. The van der Waals surface area contributed by atoms with Crippen LogP contribution in [0.4, 0.5) is 0 Å². The summed E-state index contributed by atoms with van der Waals surface area (Å²) < 4.78 is 50.4. The molecule has 8 fully saturated rings. The van der Waals surface area contributed by atoms with Crippen molar-refractivity contribution in [2.45, 2.75) is 273 Å². The van der Waals surface area contributed by atoms with E-state index in [2.05, 4.69) is 20.8 Å². The molecule has 26 unspecified atom stereocenters. The second-order valence-electron chi connectivity index (χ2n) is 23.4. The number of hydrogen-bond donors (Lipinski definition) is 11. The van der Waals surface area contributed by atoms with Gasteiger partial charge in [-0.1, -0.05) is 48.5 Å². The molecule has 19 nitrogen and oxygen atoms in total. The quantitative estimate of drug-likeness (QED) is 0.0973. The van der Waals surface area contributed by atoms with Crippen molar-refractivity contribution in [2.75, 3.05) is 6.61 Å². The molecule has 0 aromatic rings. The Balaban J connectivity index is 0.969. The Morgan fingerprint density at radius 2 is 0.986 bits per heavy atom. The van der Waals surface area contributed by atoms with Gasteiger partial charge in [0, 0.05) is 12.0 Å². The maximum Gasteiger partial charge on any atom is 0.187 e. The topological polar surface area (TPSA) is 296 Å². The van der Waals surface area contributed by atoms with E-state index in [-0.39, 0.29) is 47.4 Å². The fraction of sp³-hybridized carbons (Fsp3) is 1.00. The lowest BCUT2D eigenvalue weighted by molar-refractivity contribution is -0.367. The molecule has 0 amide bonds. The molecule has 8 rings (SSSR count). The Labute approximate surface area is 419 Å². The summed E-state index contributed by atoms with van der Waals surface area (Å²) in [7, 11) is 0. The van der Waals surface area contributed by atoms with E-state index in [1.165, 1.54) is 0 Å². The first-order chi connectivity index (χ1) is 33.8. The number of ether oxygens (including phenoxy) is 8. The maximum atomic E-state index is 11.9. The molecule has 0 spiro atoms. The molecule has 0 aromatic heterocycles. The highest BCUT2D eigenvalue weighted by Crippen LogP contribution is 2.69. The van der Waals surface area contributed by atoms with Crippen molar-refractivity contribution in [3.8, 4) is 0 Å². The summed E-state index contributed by atoms with van der Waals surface area (Å²) in [6.07, 6.45) is -15.9. The molecule has 412 valence electrons. The summed E-state index contributed by atoms with van der Waals surface area (Å²) in [6.45, 7) is 14.4. The first kappa shape index (κ1) is 56.4. The minimum atomic E-state index is -1.60. The van der Waals surface area contributed by atoms with Gasteiger partial charge in [0.1, 0.15) is 73.2 Å². The molecule has 0 radical (unpaired) electrons. The lowest BCUT2D eigenvalue weighted by atomic mass is 9.43. The van der Waals surface area contributed by atoms with Crippen LogP contribution in [0.2, 0.25) is 0 Å². The van der Waals surface area contributed by atoms with Crippen molar-refractivity contribution < 1.29 is 94.1 Å². The molecule has 19 heteroatoms. The smallest absolute Gasteiger partial charge is 0.187 e. The lowest BCUT2D eigenvalue weighted by Crippen LogP contribution is -2.65. The molecule has 4 aliphatic heterocycles. The average Bonchev–Trinajstić information content (AvgIpc) is 3.73. The van der Waals surface area contributed by atoms with Gasteiger partial charge in [0.2, 0.25) is 0 Å². The predicted octanol–water partition coefficient (Wildman–Crippen LogP) is 1.35. The zero-order valence-electron chi connectivity index (χ0n) is 43.0. The van der Waals surface area contributed by atoms with Crippen LogP contribution >= 0.6 is 0 Å². The highest BCUT2D eigenvalue weighted by atomic mass is 16.8. The van der Waals surface area contributed by atoms with Gasteiger partial charge in [-0.05, 0) is 131 Å². The minimum absolute atomic E-state index is 0.107. The average molecular weight is 1020 g/mol. The molecule has 11 N–H and O–H groups in total. The van der Waals surface area contributed by atoms with Gasteiger partial charge >= 0.3 is 0 Å². The Bertz CT molecular complexity index is 1690. The highest BCUT2D eigenvalue weighted by molar-refractivity contribution is 5.14. The van der Waals surface area contributed by atoms with Gasteiger partial charge in [-0.15, -0.1) is 0 Å². The largest absolute Gasteiger partial charge is 0.396 e. The number of fused-ring (bicyclic) bond motifs is 5. The summed E-state index contributed by atoms with van der Waals surface area (Å²) in [5.74, 6) is 1.84. The third kappa shape index (κ3) is 10.4. The summed E-state index contributed by atoms with van der Waals surface area (Å²) in [4.78, 5) is 0. The fourth-order valence-electron chi connectivity index (χ4n) is 15.5. The molecule has 4 saturated carbocycles. The van der Waals surface area contributed by atoms with Gasteiger partial charge in [-0.2, -0.15) is 0 Å². The van der Waals surface area contributed by atoms with Crippen LogP contribution < -0.4 is 0 Å². The Kier molecular flexibility index (Phi) is 18.3. The van der Waals surface area contributed by atoms with Crippen LogP contribution in [0.25, 0.3) is 0 Å². The fourth-order valence-corrected chi connectivity index (χ4v) is 15.5. The van der Waals surface area contributed by atoms with Gasteiger partial charge in [0.05, 0.1) is 36.6 Å². The predicted molar refractivity (Wildman–Crippen MR) is 251 cm³/mol. The SMILES string of the molecule is CCC1O[C@@H](OC2C(CC)O[C@H](OC3CC4C(CCC5CC(O[C@H]6OC(CC)C(O[C@@H]7OC(CC)C(O)C(O)C7O)C(O)C6O)CCC54C)C4CCC(C(C)CCCO)C34C)C(O)C2O)C(O)C(O)C1O. The van der Waals surface area contributed by atoms with Gasteiger partial charge < -0.3 is 94.1 Å². The molecule has 4 aliphatic carbocycles. The normalized spacial score (nSPS) is 53.9. The molecular formula is C52H90O19. The van der Waals surface area contributed by atoms with Gasteiger partial charge in [-0.25, -0.2) is 0 Å². The van der Waals surface area contributed by atoms with E-state index in [9.17, 15) is 56.2 Å². The summed E-state index contributed by atoms with van der Waals surface area (Å²) in [5.41, 5.74) is -0.411. The molecule has 0 bridgehead atoms. The van der Waals surface area contributed by atoms with Gasteiger partial charge in [0.25, 0.3) is 0 Å². The Morgan fingerprint density at radius 3 is 1.49 bits per heavy atom. The van der Waals surface area contributed by atoms with Crippen molar-refractivity contribution in [3.63, 3.8) is 0 Å². The second-order valence-corrected chi connectivity index (χ2v) is 23.4. The third-order valence-electron chi connectivity index (χ3n) is 19.7. The van der Waals surface area contributed by atoms with Crippen LogP contribution in [-0.2, 0) is 37.9 Å². The molecule has 4 heterocycles. The zero-order valence-corrected chi connectivity index (χ0v) is 43.0. The van der Waals surface area contributed by atoms with E-state index in [1.54, 1.807) is 13.8 Å². The number of rotatable bonds is 16. The van der Waals surface area contributed by atoms with Crippen molar-refractivity contribution in [2.24, 2.45) is 46.3 Å². The second kappa shape index (κ2) is 23.1. The van der Waals surface area contributed by atoms with Crippen molar-refractivity contribution in [1.29, 1.82) is 0 Å². The van der Waals surface area contributed by atoms with E-state index in [0.29, 0.717) is 62.7 Å². The number of hydrogen-bond acceptors (Lipinski definition) is 19. The van der Waals surface area contributed by atoms with Crippen LogP contribution in [0.3, 0.4) is 0 Å². The van der Waals surface area contributed by atoms with Crippen LogP contribution in [0.1, 0.15) is 138 Å². The number of aliphatic hydroxyl groups is 11. The Hall–Kier alpha value is -0.760. The van der Waals surface area contributed by atoms with E-state index in [1.807, 2.05) is 13.8 Å². The van der Waals surface area contributed by atoms with Crippen LogP contribution in [0.5, 0.6) is 0 Å². The zero-order chi connectivity index (χ0) is 51.4. The molecule has 4 saturated heterocycles. The van der Waals surface area contributed by atoms with Gasteiger partial charge in [-0.3, -0.25) is 0 Å². The summed E-state index contributed by atoms with van der Waals surface area (Å²) in [6, 6.07) is 0. The van der Waals surface area contributed by atoms with Crippen LogP contribution in [-0.4, -0.2) is 198 Å². The first-order valence-electron chi connectivity index (χ1n) is 27.4. The third-order valence-corrected chi connectivity index (χ3v) is 19.7. The van der Waals surface area contributed by atoms with E-state index in [4.69, 9.17) is 37.9 Å². The monoisotopic (exact) mass is 1020 g/mol. The summed E-state index contributed by atoms with van der Waals surface area (Å²) in [5, 5.41) is 120. The molecule has 71 heavy (non-hydrogen) atoms. The van der Waals surface area contributed by atoms with Crippen LogP contribution in [0, 0.1) is 46.3 Å². The van der Waals surface area contributed by atoms with E-state index in [0.717, 1.165) is 44.9 Å². The van der Waals surface area contributed by atoms with Crippen molar-refractivity contribution in [3.05, 3.63) is 0 Å². The van der Waals surface area contributed by atoms with E-state index < -0.39 is 123 Å². The molecular weight excluding hydrogens is 929 g/mol. The lowest BCUT2D eigenvalue weighted by Gasteiger charge is -2.63. The van der Waals surface area contributed by atoms with Crippen molar-refractivity contribution >= 4 is 0 Å². The van der Waals surface area contributed by atoms with E-state index >= 15 is 0 Å². The van der Waals surface area contributed by atoms with Crippen LogP contribution in [0.15, 0.2) is 0 Å². The standard InChI is InChI=1S/C52H90O19/c1-8-30-35(54)37(56)41(60)49(65-30)70-45-32(10-3)67-47(43(62)39(45)58)64-25-18-19-51(6)24(21-25)14-15-26-28-17-16-27(23(5)13-12-20-53)52(28,7)34(22-29(26)51)69-48-44(63)40(59)46(33(11-4)68-48)71-50-42(61)38(57)36(55)31(9-2)66-50/h23-50,53-63H,8-22H2,1-7H3/t23?,24?,25?,26?,27?,28?,29?,30?,31?,32?,33?,34?,35?,36?,37?,38?,39?,40?,41?,42?,43?,44?,45?,46?,47-,48+,49-,50-,51?,52?/m0/s1. The van der Waals surface area contributed by atoms with Crippen molar-refractivity contribution in [1.82, 2.24) is 0 Å². The molecule has 30 atom stereocenters. The van der Waals surface area contributed by atoms with Gasteiger partial charge in [0.15, 0.2) is 25.2 Å². The molecule has 0 aromatic carbocycles. The molecule has 8 aliphatic rings. The maximum absolute atomic E-state index is 11.9.